The van der Waals surface area contributed by atoms with E-state index >= 15 is 0 Å². The van der Waals surface area contributed by atoms with Crippen LogP contribution in [0.3, 0.4) is 0 Å². The van der Waals surface area contributed by atoms with Gasteiger partial charge in [0.05, 0.1) is 42.1 Å². The number of hydrogen-bond acceptors (Lipinski definition) is 7. The van der Waals surface area contributed by atoms with Gasteiger partial charge in [-0.3, -0.25) is 4.98 Å². The zero-order valence-electron chi connectivity index (χ0n) is 18.7. The molecule has 1 saturated carbocycles. The number of amides is 1. The van der Waals surface area contributed by atoms with Gasteiger partial charge in [-0.15, -0.1) is 0 Å². The van der Waals surface area contributed by atoms with Crippen LogP contribution in [0.25, 0.3) is 11.0 Å². The van der Waals surface area contributed by atoms with Gasteiger partial charge in [0.2, 0.25) is 5.88 Å². The highest BCUT2D eigenvalue weighted by atomic mass is 16.6. The zero-order valence-corrected chi connectivity index (χ0v) is 18.7. The fourth-order valence-corrected chi connectivity index (χ4v) is 4.57. The van der Waals surface area contributed by atoms with E-state index in [9.17, 15) is 9.90 Å². The lowest BCUT2D eigenvalue weighted by molar-refractivity contribution is -0.163. The molecule has 0 radical (unpaired) electrons. The number of nitrogens with zero attached hydrogens (tertiary/aromatic N) is 2. The summed E-state index contributed by atoms with van der Waals surface area (Å²) >= 11 is 0. The van der Waals surface area contributed by atoms with E-state index in [2.05, 4.69) is 15.3 Å². The van der Waals surface area contributed by atoms with Gasteiger partial charge in [0.15, 0.2) is 0 Å². The molecule has 5 rings (SSSR count). The van der Waals surface area contributed by atoms with E-state index in [1.807, 2.05) is 26.8 Å². The van der Waals surface area contributed by atoms with Gasteiger partial charge in [0.1, 0.15) is 11.4 Å². The number of aromatic nitrogens is 2. The molecule has 3 fully saturated rings. The Morgan fingerprint density at radius 2 is 2.00 bits per heavy atom. The molecule has 8 heteroatoms. The summed E-state index contributed by atoms with van der Waals surface area (Å²) in [7, 11) is 1.57. The minimum atomic E-state index is -0.527. The van der Waals surface area contributed by atoms with Crippen molar-refractivity contribution in [2.45, 2.75) is 76.0 Å². The van der Waals surface area contributed by atoms with Gasteiger partial charge in [0.25, 0.3) is 0 Å². The first kappa shape index (κ1) is 21.6. The van der Waals surface area contributed by atoms with Crippen molar-refractivity contribution in [3.05, 3.63) is 23.9 Å². The summed E-state index contributed by atoms with van der Waals surface area (Å²) in [4.78, 5) is 21.0. The topological polar surface area (TPSA) is 103 Å². The maximum Gasteiger partial charge on any atom is 0.408 e. The normalized spacial score (nSPS) is 25.4. The number of alkyl carbamates (subject to hydrolysis) is 1. The highest BCUT2D eigenvalue weighted by Gasteiger charge is 2.50. The fraction of sp³-hybridized carbons (Fsp3) is 0.609. The van der Waals surface area contributed by atoms with Crippen LogP contribution in [0.2, 0.25) is 0 Å². The summed E-state index contributed by atoms with van der Waals surface area (Å²) in [5.41, 5.74) is 1.00. The SMILES string of the molecule is COc1ccc2ncc(O)c(CCC34CCC(NC(=O)OC(C)(C)C)(CC3)CO4)c2n1. The zero-order chi connectivity index (χ0) is 22.3. The number of hydrogen-bond donors (Lipinski definition) is 2. The van der Waals surface area contributed by atoms with Crippen LogP contribution < -0.4 is 10.1 Å². The Kier molecular flexibility index (Phi) is 5.45. The van der Waals surface area contributed by atoms with Crippen molar-refractivity contribution < 1.29 is 24.1 Å². The lowest BCUT2D eigenvalue weighted by atomic mass is 9.69. The molecule has 1 amide bonds. The molecule has 2 bridgehead atoms. The molecule has 4 heterocycles. The third-order valence-corrected chi connectivity index (χ3v) is 6.35. The van der Waals surface area contributed by atoms with E-state index in [1.54, 1.807) is 13.2 Å². The second kappa shape index (κ2) is 7.82. The Morgan fingerprint density at radius 3 is 2.61 bits per heavy atom. The third-order valence-electron chi connectivity index (χ3n) is 6.35. The fourth-order valence-electron chi connectivity index (χ4n) is 4.57. The van der Waals surface area contributed by atoms with Crippen molar-refractivity contribution in [2.24, 2.45) is 0 Å². The molecule has 168 valence electrons. The van der Waals surface area contributed by atoms with Crippen LogP contribution in [0.4, 0.5) is 4.79 Å². The number of pyridine rings is 2. The predicted molar refractivity (Wildman–Crippen MR) is 115 cm³/mol. The molecular formula is C23H31N3O5. The van der Waals surface area contributed by atoms with Crippen LogP contribution in [0.1, 0.15) is 58.4 Å². The van der Waals surface area contributed by atoms with Gasteiger partial charge in [-0.05, 0) is 65.4 Å². The van der Waals surface area contributed by atoms with Gasteiger partial charge >= 0.3 is 6.09 Å². The molecule has 3 aliphatic rings. The van der Waals surface area contributed by atoms with Crippen LogP contribution in [-0.4, -0.2) is 51.6 Å². The largest absolute Gasteiger partial charge is 0.506 e. The number of nitrogens with one attached hydrogen (secondary N) is 1. The molecule has 2 aromatic rings. The smallest absolute Gasteiger partial charge is 0.408 e. The molecule has 0 spiro atoms. The molecule has 1 aliphatic carbocycles. The molecule has 2 saturated heterocycles. The van der Waals surface area contributed by atoms with Crippen LogP contribution >= 0.6 is 0 Å². The van der Waals surface area contributed by atoms with Crippen LogP contribution in [-0.2, 0) is 15.9 Å². The van der Waals surface area contributed by atoms with E-state index in [-0.39, 0.29) is 16.9 Å². The Morgan fingerprint density at radius 1 is 1.26 bits per heavy atom. The van der Waals surface area contributed by atoms with Crippen LogP contribution in [0.5, 0.6) is 11.6 Å². The molecule has 0 atom stereocenters. The van der Waals surface area contributed by atoms with Crippen LogP contribution in [0, 0.1) is 0 Å². The Labute approximate surface area is 182 Å². The lowest BCUT2D eigenvalue weighted by Crippen LogP contribution is -2.63. The maximum absolute atomic E-state index is 12.3. The van der Waals surface area contributed by atoms with Gasteiger partial charge < -0.3 is 24.6 Å². The maximum atomic E-state index is 12.3. The van der Waals surface area contributed by atoms with Gasteiger partial charge in [-0.2, -0.15) is 0 Å². The Balaban J connectivity index is 1.44. The predicted octanol–water partition coefficient (Wildman–Crippen LogP) is 3.88. The minimum Gasteiger partial charge on any atom is -0.506 e. The van der Waals surface area contributed by atoms with Crippen molar-refractivity contribution in [3.8, 4) is 11.6 Å². The van der Waals surface area contributed by atoms with E-state index in [1.165, 1.54) is 6.20 Å². The molecule has 2 aliphatic heterocycles. The van der Waals surface area contributed by atoms with E-state index in [0.29, 0.717) is 24.4 Å². The van der Waals surface area contributed by atoms with E-state index in [0.717, 1.165) is 43.2 Å². The molecule has 2 N–H and O–H groups in total. The number of ether oxygens (including phenoxy) is 3. The molecule has 8 nitrogen and oxygen atoms in total. The number of carbonyl (C=O) groups excluding carboxylic acids is 1. The first-order valence-electron chi connectivity index (χ1n) is 10.8. The summed E-state index contributed by atoms with van der Waals surface area (Å²) in [5, 5.41) is 13.5. The first-order chi connectivity index (χ1) is 14.6. The number of aromatic hydroxyl groups is 1. The molecule has 31 heavy (non-hydrogen) atoms. The van der Waals surface area contributed by atoms with Gasteiger partial charge in [-0.1, -0.05) is 0 Å². The van der Waals surface area contributed by atoms with Gasteiger partial charge in [-0.25, -0.2) is 9.78 Å². The highest BCUT2D eigenvalue weighted by Crippen LogP contribution is 2.46. The number of rotatable bonds is 5. The standard InChI is InChI=1S/C23H31N3O5/c1-21(2,3)31-20(28)26-22-9-11-23(12-10-22,30-14-22)8-7-15-17(27)13-24-16-5-6-18(29-4)25-19(15)16/h5-6,13,27H,7-12,14H2,1-4H3,(H,26,28). The summed E-state index contributed by atoms with van der Waals surface area (Å²) in [6.07, 6.45) is 5.87. The number of carbonyl (C=O) groups is 1. The summed E-state index contributed by atoms with van der Waals surface area (Å²) in [6.45, 7) is 6.05. The first-order valence-corrected chi connectivity index (χ1v) is 10.8. The molecular weight excluding hydrogens is 398 g/mol. The van der Waals surface area contributed by atoms with E-state index in [4.69, 9.17) is 14.2 Å². The molecule has 0 unspecified atom stereocenters. The van der Waals surface area contributed by atoms with Crippen molar-refractivity contribution >= 4 is 17.1 Å². The quantitative estimate of drug-likeness (QED) is 0.743. The number of fused-ring (bicyclic) bond motifs is 4. The van der Waals surface area contributed by atoms with Gasteiger partial charge in [0, 0.05) is 11.6 Å². The van der Waals surface area contributed by atoms with Crippen molar-refractivity contribution in [1.29, 1.82) is 0 Å². The van der Waals surface area contributed by atoms with Crippen molar-refractivity contribution in [2.75, 3.05) is 13.7 Å². The average molecular weight is 430 g/mol. The summed E-state index contributed by atoms with van der Waals surface area (Å²) in [6, 6.07) is 3.61. The van der Waals surface area contributed by atoms with E-state index < -0.39 is 11.7 Å². The monoisotopic (exact) mass is 429 g/mol. The average Bonchev–Trinajstić information content (AvgIpc) is 2.72. The lowest BCUT2D eigenvalue weighted by Gasteiger charge is -2.53. The van der Waals surface area contributed by atoms with Crippen molar-refractivity contribution in [3.63, 3.8) is 0 Å². The third kappa shape index (κ3) is 4.54. The Bertz CT molecular complexity index is 961. The summed E-state index contributed by atoms with van der Waals surface area (Å²) in [5.74, 6) is 0.626. The second-order valence-corrected chi connectivity index (χ2v) is 9.72. The van der Waals surface area contributed by atoms with Crippen LogP contribution in [0.15, 0.2) is 18.3 Å². The number of aryl methyl sites for hydroxylation is 1. The highest BCUT2D eigenvalue weighted by molar-refractivity contribution is 5.80. The second-order valence-electron chi connectivity index (χ2n) is 9.72. The van der Waals surface area contributed by atoms with Crippen molar-refractivity contribution in [1.82, 2.24) is 15.3 Å². The molecule has 2 aromatic heterocycles. The number of methoxy groups -OCH3 is 1. The summed E-state index contributed by atoms with van der Waals surface area (Å²) < 4.78 is 17.0. The molecule has 0 aromatic carbocycles. The minimum absolute atomic E-state index is 0.136. The Hall–Kier alpha value is -2.61.